The number of carbonyl (C=O) groups excluding carboxylic acids is 2. The van der Waals surface area contributed by atoms with Gasteiger partial charge in [0.1, 0.15) is 17.9 Å². The first-order valence-corrected chi connectivity index (χ1v) is 11.1. The van der Waals surface area contributed by atoms with Crippen molar-refractivity contribution in [3.05, 3.63) is 0 Å². The molecule has 158 valence electrons. The van der Waals surface area contributed by atoms with Gasteiger partial charge in [0, 0.05) is 31.1 Å². The summed E-state index contributed by atoms with van der Waals surface area (Å²) >= 11 is 0. The Morgan fingerprint density at radius 2 is 1.57 bits per heavy atom. The number of hydrogen-bond donors (Lipinski definition) is 0. The van der Waals surface area contributed by atoms with Crippen LogP contribution in [0.15, 0.2) is 0 Å². The predicted molar refractivity (Wildman–Crippen MR) is 103 cm³/mol. The third-order valence-corrected chi connectivity index (χ3v) is 9.24. The minimum atomic E-state index is -1.24. The molecule has 0 aliphatic heterocycles. The van der Waals surface area contributed by atoms with Crippen LogP contribution in [0.1, 0.15) is 85.5 Å². The Morgan fingerprint density at radius 3 is 2.25 bits per heavy atom. The number of alkyl halides is 1. The molecule has 4 nitrogen and oxygen atoms in total. The smallest absolute Gasteiger partial charge is 0.302 e. The van der Waals surface area contributed by atoms with Gasteiger partial charge in [-0.25, -0.2) is 4.39 Å². The third-order valence-electron chi connectivity index (χ3n) is 9.24. The zero-order valence-electron chi connectivity index (χ0n) is 17.8. The van der Waals surface area contributed by atoms with Gasteiger partial charge in [0.15, 0.2) is 0 Å². The number of hydrogen-bond acceptors (Lipinski definition) is 4. The van der Waals surface area contributed by atoms with Crippen LogP contribution in [0.5, 0.6) is 0 Å². The van der Waals surface area contributed by atoms with E-state index in [-0.39, 0.29) is 35.0 Å². The van der Waals surface area contributed by atoms with Crippen LogP contribution in [0.4, 0.5) is 4.39 Å². The molecule has 0 unspecified atom stereocenters. The van der Waals surface area contributed by atoms with Gasteiger partial charge < -0.3 is 9.47 Å². The lowest BCUT2D eigenvalue weighted by Gasteiger charge is -2.62. The second kappa shape index (κ2) is 6.70. The predicted octanol–water partition coefficient (Wildman–Crippen LogP) is 4.98. The summed E-state index contributed by atoms with van der Waals surface area (Å²) in [4.78, 5) is 23.0. The molecule has 0 saturated heterocycles. The summed E-state index contributed by atoms with van der Waals surface area (Å²) in [6, 6.07) is 0. The quantitative estimate of drug-likeness (QED) is 0.620. The number of rotatable bonds is 2. The maximum atomic E-state index is 16.3. The summed E-state index contributed by atoms with van der Waals surface area (Å²) < 4.78 is 27.4. The highest BCUT2D eigenvalue weighted by atomic mass is 19.1. The average Bonchev–Trinajstić information content (AvgIpc) is 2.91. The summed E-state index contributed by atoms with van der Waals surface area (Å²) in [7, 11) is 0. The molecule has 4 fully saturated rings. The largest absolute Gasteiger partial charge is 0.462 e. The Labute approximate surface area is 167 Å². The molecule has 5 heteroatoms. The molecule has 0 aromatic carbocycles. The van der Waals surface area contributed by atoms with Crippen LogP contribution in [0.3, 0.4) is 0 Å². The van der Waals surface area contributed by atoms with Crippen molar-refractivity contribution in [2.75, 3.05) is 0 Å². The summed E-state index contributed by atoms with van der Waals surface area (Å²) in [5, 5.41) is 0. The third kappa shape index (κ3) is 2.90. The van der Waals surface area contributed by atoms with Crippen molar-refractivity contribution in [2.24, 2.45) is 28.6 Å². The van der Waals surface area contributed by atoms with Gasteiger partial charge in [0.25, 0.3) is 0 Å². The monoisotopic (exact) mass is 394 g/mol. The Bertz CT molecular complexity index is 665. The topological polar surface area (TPSA) is 52.6 Å². The van der Waals surface area contributed by atoms with Crippen LogP contribution < -0.4 is 0 Å². The molecule has 0 aromatic rings. The summed E-state index contributed by atoms with van der Waals surface area (Å²) in [6.45, 7) is 7.38. The van der Waals surface area contributed by atoms with E-state index in [1.54, 1.807) is 0 Å². The van der Waals surface area contributed by atoms with E-state index >= 15 is 4.39 Å². The van der Waals surface area contributed by atoms with Crippen molar-refractivity contribution in [2.45, 2.75) is 103 Å². The molecule has 0 radical (unpaired) electrons. The first-order valence-electron chi connectivity index (χ1n) is 11.1. The van der Waals surface area contributed by atoms with Gasteiger partial charge in [-0.1, -0.05) is 13.8 Å². The van der Waals surface area contributed by atoms with E-state index in [1.165, 1.54) is 13.8 Å². The molecular weight excluding hydrogens is 359 g/mol. The van der Waals surface area contributed by atoms with E-state index in [4.69, 9.17) is 9.47 Å². The number of carbonyl (C=O) groups is 2. The minimum absolute atomic E-state index is 0.0144. The van der Waals surface area contributed by atoms with Crippen LogP contribution in [0, 0.1) is 28.6 Å². The zero-order chi connectivity index (χ0) is 20.3. The van der Waals surface area contributed by atoms with E-state index in [0.717, 1.165) is 44.9 Å². The number of fused-ring (bicyclic) bond motifs is 5. The van der Waals surface area contributed by atoms with E-state index in [2.05, 4.69) is 13.8 Å². The zero-order valence-corrected chi connectivity index (χ0v) is 17.8. The van der Waals surface area contributed by atoms with Crippen molar-refractivity contribution in [1.82, 2.24) is 0 Å². The molecule has 0 N–H and O–H groups in total. The normalized spacial score (nSPS) is 50.1. The summed E-state index contributed by atoms with van der Waals surface area (Å²) in [5.41, 5.74) is -1.55. The van der Waals surface area contributed by atoms with Gasteiger partial charge in [0.05, 0.1) is 0 Å². The first-order chi connectivity index (χ1) is 13.1. The second-order valence-electron chi connectivity index (χ2n) is 10.5. The maximum absolute atomic E-state index is 16.3. The van der Waals surface area contributed by atoms with Crippen LogP contribution in [0.2, 0.25) is 0 Å². The van der Waals surface area contributed by atoms with E-state index in [1.807, 2.05) is 0 Å². The standard InChI is InChI=1S/C23H35FO4/c1-14(25)27-16-7-11-22(4)19-9-10-21(3)18(5-6-20(21)28-15(2)26)17(19)8-12-23(22,24)13-16/h16-20H,5-13H2,1-4H3/t16-,17-,18-,19-,20-,21-,22+,23+/m0/s1. The van der Waals surface area contributed by atoms with Crippen molar-refractivity contribution < 1.29 is 23.5 Å². The van der Waals surface area contributed by atoms with Crippen LogP contribution in [-0.2, 0) is 19.1 Å². The van der Waals surface area contributed by atoms with Crippen LogP contribution in [-0.4, -0.2) is 29.8 Å². The Balaban J connectivity index is 1.56. The fourth-order valence-corrected chi connectivity index (χ4v) is 7.84. The van der Waals surface area contributed by atoms with Crippen LogP contribution >= 0.6 is 0 Å². The molecule has 28 heavy (non-hydrogen) atoms. The van der Waals surface area contributed by atoms with Gasteiger partial charge in [-0.05, 0) is 69.1 Å². The fourth-order valence-electron chi connectivity index (χ4n) is 7.84. The van der Waals surface area contributed by atoms with Gasteiger partial charge in [0.2, 0.25) is 0 Å². The molecule has 0 aromatic heterocycles. The highest BCUT2D eigenvalue weighted by Gasteiger charge is 2.66. The molecule has 4 aliphatic carbocycles. The van der Waals surface area contributed by atoms with Gasteiger partial charge in [-0.2, -0.15) is 0 Å². The average molecular weight is 395 g/mol. The van der Waals surface area contributed by atoms with Gasteiger partial charge >= 0.3 is 11.9 Å². The lowest BCUT2D eigenvalue weighted by molar-refractivity contribution is -0.198. The Morgan fingerprint density at radius 1 is 0.857 bits per heavy atom. The fraction of sp³-hybridized carbons (Fsp3) is 0.913. The van der Waals surface area contributed by atoms with E-state index < -0.39 is 5.67 Å². The molecule has 0 spiro atoms. The van der Waals surface area contributed by atoms with Crippen molar-refractivity contribution >= 4 is 11.9 Å². The molecule has 0 heterocycles. The Kier molecular flexibility index (Phi) is 4.82. The van der Waals surface area contributed by atoms with Crippen molar-refractivity contribution in [3.63, 3.8) is 0 Å². The Hall–Kier alpha value is -1.13. The highest BCUT2D eigenvalue weighted by molar-refractivity contribution is 5.66. The molecule has 0 bridgehead atoms. The molecule has 8 atom stereocenters. The van der Waals surface area contributed by atoms with Crippen molar-refractivity contribution in [1.29, 1.82) is 0 Å². The van der Waals surface area contributed by atoms with Crippen molar-refractivity contribution in [3.8, 4) is 0 Å². The lowest BCUT2D eigenvalue weighted by atomic mass is 9.44. The highest BCUT2D eigenvalue weighted by Crippen LogP contribution is 2.68. The van der Waals surface area contributed by atoms with E-state index in [0.29, 0.717) is 30.6 Å². The number of esters is 2. The summed E-state index contributed by atoms with van der Waals surface area (Å²) in [6.07, 6.45) is 7.15. The number of ether oxygens (including phenoxy) is 2. The van der Waals surface area contributed by atoms with E-state index in [9.17, 15) is 9.59 Å². The second-order valence-corrected chi connectivity index (χ2v) is 10.5. The molecular formula is C23H35FO4. The SMILES string of the molecule is CC(=O)O[C@H]1CC[C@]2(C)[C@H]3CC[C@]4(C)[C@@H](OC(C)=O)CC[C@H]4[C@@H]3CC[C@@]2(F)C1. The molecule has 0 amide bonds. The number of halogens is 1. The first kappa shape index (κ1) is 20.2. The molecule has 4 saturated carbocycles. The minimum Gasteiger partial charge on any atom is -0.462 e. The molecule has 4 aliphatic rings. The van der Waals surface area contributed by atoms with Gasteiger partial charge in [-0.3, -0.25) is 9.59 Å². The maximum Gasteiger partial charge on any atom is 0.302 e. The van der Waals surface area contributed by atoms with Crippen LogP contribution in [0.25, 0.3) is 0 Å². The lowest BCUT2D eigenvalue weighted by Crippen LogP contribution is -2.61. The summed E-state index contributed by atoms with van der Waals surface area (Å²) in [5.74, 6) is 0.915. The van der Waals surface area contributed by atoms with Gasteiger partial charge in [-0.15, -0.1) is 0 Å². The molecule has 4 rings (SSSR count).